The van der Waals surface area contributed by atoms with Gasteiger partial charge in [0.05, 0.1) is 6.04 Å². The van der Waals surface area contributed by atoms with Gasteiger partial charge in [-0.1, -0.05) is 48.0 Å². The minimum atomic E-state index is 0.248. The topological polar surface area (TPSA) is 27.3 Å². The third-order valence-electron chi connectivity index (χ3n) is 3.69. The molecule has 0 spiro atoms. The van der Waals surface area contributed by atoms with E-state index in [1.807, 2.05) is 31.2 Å². The Morgan fingerprint density at radius 1 is 1.17 bits per heavy atom. The summed E-state index contributed by atoms with van der Waals surface area (Å²) < 4.78 is 0. The van der Waals surface area contributed by atoms with Crippen LogP contribution in [0.1, 0.15) is 17.2 Å². The molecule has 0 aliphatic rings. The summed E-state index contributed by atoms with van der Waals surface area (Å²) in [7, 11) is 4.13. The summed E-state index contributed by atoms with van der Waals surface area (Å²) in [6.45, 7) is 2.70. The van der Waals surface area contributed by atoms with Crippen LogP contribution in [0.15, 0.2) is 48.5 Å². The number of benzene rings is 2. The molecule has 0 amide bonds. The molecule has 0 saturated heterocycles. The van der Waals surface area contributed by atoms with Gasteiger partial charge in [0.25, 0.3) is 0 Å². The Kier molecular flexibility index (Phi) is 6.39. The number of nitrogens with zero attached hydrogens (tertiary/aromatic N) is 1. The fourth-order valence-electron chi connectivity index (χ4n) is 2.31. The zero-order valence-electron chi connectivity index (χ0n) is 13.6. The predicted octanol–water partition coefficient (Wildman–Crippen LogP) is 4.24. The molecule has 0 saturated carbocycles. The lowest BCUT2D eigenvalue weighted by molar-refractivity contribution is 0.299. The Balaban J connectivity index is 1.95. The number of hydrogen-bond donors (Lipinski definition) is 2. The van der Waals surface area contributed by atoms with Gasteiger partial charge in [0, 0.05) is 17.3 Å². The van der Waals surface area contributed by atoms with Crippen molar-refractivity contribution in [3.05, 3.63) is 64.7 Å². The van der Waals surface area contributed by atoms with E-state index >= 15 is 0 Å². The number of hydrogen-bond acceptors (Lipinski definition) is 2. The largest absolute Gasteiger partial charge is 0.361 e. The zero-order chi connectivity index (χ0) is 16.8. The van der Waals surface area contributed by atoms with Crippen LogP contribution in [0.3, 0.4) is 0 Å². The molecular formula is C18H22ClN3S. The first-order chi connectivity index (χ1) is 11.0. The van der Waals surface area contributed by atoms with Gasteiger partial charge in [0.1, 0.15) is 0 Å². The third kappa shape index (κ3) is 5.20. The monoisotopic (exact) mass is 347 g/mol. The van der Waals surface area contributed by atoms with Crippen molar-refractivity contribution in [2.45, 2.75) is 13.0 Å². The van der Waals surface area contributed by atoms with Crippen molar-refractivity contribution in [2.24, 2.45) is 0 Å². The molecule has 0 aromatic heterocycles. The lowest BCUT2D eigenvalue weighted by atomic mass is 10.1. The van der Waals surface area contributed by atoms with Crippen molar-refractivity contribution >= 4 is 34.6 Å². The summed E-state index contributed by atoms with van der Waals surface area (Å²) >= 11 is 11.5. The van der Waals surface area contributed by atoms with Crippen molar-refractivity contribution in [3.63, 3.8) is 0 Å². The quantitative estimate of drug-likeness (QED) is 0.791. The van der Waals surface area contributed by atoms with Crippen LogP contribution in [0.2, 0.25) is 5.02 Å². The van der Waals surface area contributed by atoms with E-state index in [-0.39, 0.29) is 6.04 Å². The fourth-order valence-corrected chi connectivity index (χ4v) is 2.69. The SMILES string of the molecule is Cc1ccc(NC(=S)NC[C@H](c2ccccc2)N(C)C)cc1Cl. The average Bonchev–Trinajstić information content (AvgIpc) is 2.52. The molecule has 5 heteroatoms. The van der Waals surface area contributed by atoms with Gasteiger partial charge in [-0.05, 0) is 56.5 Å². The molecule has 0 aliphatic heterocycles. The second kappa shape index (κ2) is 8.29. The van der Waals surface area contributed by atoms with Gasteiger partial charge in [-0.3, -0.25) is 0 Å². The summed E-state index contributed by atoms with van der Waals surface area (Å²) in [5.41, 5.74) is 3.19. The van der Waals surface area contributed by atoms with Gasteiger partial charge >= 0.3 is 0 Å². The van der Waals surface area contributed by atoms with Crippen molar-refractivity contribution in [3.8, 4) is 0 Å². The van der Waals surface area contributed by atoms with Crippen molar-refractivity contribution in [1.29, 1.82) is 0 Å². The average molecular weight is 348 g/mol. The highest BCUT2D eigenvalue weighted by Crippen LogP contribution is 2.20. The molecule has 0 heterocycles. The number of rotatable bonds is 5. The van der Waals surface area contributed by atoms with Crippen LogP contribution in [0.5, 0.6) is 0 Å². The molecule has 0 radical (unpaired) electrons. The van der Waals surface area contributed by atoms with E-state index in [1.165, 1.54) is 5.56 Å². The van der Waals surface area contributed by atoms with Crippen LogP contribution in [-0.4, -0.2) is 30.7 Å². The molecule has 3 nitrogen and oxygen atoms in total. The van der Waals surface area contributed by atoms with Crippen LogP contribution in [0, 0.1) is 6.92 Å². The highest BCUT2D eigenvalue weighted by molar-refractivity contribution is 7.80. The summed E-state index contributed by atoms with van der Waals surface area (Å²) in [6, 6.07) is 16.5. The van der Waals surface area contributed by atoms with Gasteiger partial charge in [-0.15, -0.1) is 0 Å². The summed E-state index contributed by atoms with van der Waals surface area (Å²) in [6.07, 6.45) is 0. The zero-order valence-corrected chi connectivity index (χ0v) is 15.2. The number of likely N-dealkylation sites (N-methyl/N-ethyl adjacent to an activating group) is 1. The van der Waals surface area contributed by atoms with Crippen molar-refractivity contribution < 1.29 is 0 Å². The summed E-state index contributed by atoms with van der Waals surface area (Å²) in [5.74, 6) is 0. The Morgan fingerprint density at radius 3 is 2.48 bits per heavy atom. The Bertz CT molecular complexity index is 659. The van der Waals surface area contributed by atoms with Crippen molar-refractivity contribution in [2.75, 3.05) is 26.0 Å². The highest BCUT2D eigenvalue weighted by atomic mass is 35.5. The number of thiocarbonyl (C=S) groups is 1. The number of anilines is 1. The molecule has 0 bridgehead atoms. The first-order valence-corrected chi connectivity index (χ1v) is 8.28. The maximum absolute atomic E-state index is 6.14. The molecule has 0 unspecified atom stereocenters. The number of halogens is 1. The van der Waals surface area contributed by atoms with E-state index in [0.717, 1.165) is 22.8 Å². The number of aryl methyl sites for hydroxylation is 1. The van der Waals surface area contributed by atoms with Crippen molar-refractivity contribution in [1.82, 2.24) is 10.2 Å². The van der Waals surface area contributed by atoms with E-state index in [0.29, 0.717) is 5.11 Å². The predicted molar refractivity (Wildman–Crippen MR) is 103 cm³/mol. The Morgan fingerprint density at radius 2 is 1.87 bits per heavy atom. The molecule has 2 N–H and O–H groups in total. The van der Waals surface area contributed by atoms with E-state index < -0.39 is 0 Å². The van der Waals surface area contributed by atoms with Crippen LogP contribution in [0.4, 0.5) is 5.69 Å². The van der Waals surface area contributed by atoms with Gasteiger partial charge in [-0.25, -0.2) is 0 Å². The van der Waals surface area contributed by atoms with E-state index in [9.17, 15) is 0 Å². The van der Waals surface area contributed by atoms with Crippen LogP contribution in [-0.2, 0) is 0 Å². The molecule has 0 fully saturated rings. The lowest BCUT2D eigenvalue weighted by Crippen LogP contribution is -2.36. The van der Waals surface area contributed by atoms with E-state index in [4.69, 9.17) is 23.8 Å². The first-order valence-electron chi connectivity index (χ1n) is 7.49. The van der Waals surface area contributed by atoms with Crippen LogP contribution >= 0.6 is 23.8 Å². The molecular weight excluding hydrogens is 326 g/mol. The molecule has 0 aliphatic carbocycles. The first kappa shape index (κ1) is 17.7. The third-order valence-corrected chi connectivity index (χ3v) is 4.35. The van der Waals surface area contributed by atoms with E-state index in [2.05, 4.69) is 53.9 Å². The molecule has 122 valence electrons. The minimum absolute atomic E-state index is 0.248. The Labute approximate surface area is 148 Å². The normalized spacial score (nSPS) is 12.0. The Hall–Kier alpha value is -1.62. The van der Waals surface area contributed by atoms with Gasteiger partial charge in [-0.2, -0.15) is 0 Å². The highest BCUT2D eigenvalue weighted by Gasteiger charge is 2.14. The second-order valence-electron chi connectivity index (χ2n) is 5.69. The second-order valence-corrected chi connectivity index (χ2v) is 6.50. The van der Waals surface area contributed by atoms with Crippen LogP contribution < -0.4 is 10.6 Å². The van der Waals surface area contributed by atoms with Gasteiger partial charge in [0.15, 0.2) is 5.11 Å². The maximum Gasteiger partial charge on any atom is 0.170 e. The molecule has 2 aromatic carbocycles. The standard InChI is InChI=1S/C18H22ClN3S/c1-13-9-10-15(11-16(13)19)21-18(23)20-12-17(22(2)3)14-7-5-4-6-8-14/h4-11,17H,12H2,1-3H3,(H2,20,21,23)/t17-/m1/s1. The lowest BCUT2D eigenvalue weighted by Gasteiger charge is -2.25. The van der Waals surface area contributed by atoms with E-state index in [1.54, 1.807) is 0 Å². The number of nitrogens with one attached hydrogen (secondary N) is 2. The molecule has 2 rings (SSSR count). The molecule has 23 heavy (non-hydrogen) atoms. The molecule has 1 atom stereocenters. The minimum Gasteiger partial charge on any atom is -0.361 e. The summed E-state index contributed by atoms with van der Waals surface area (Å²) in [5, 5.41) is 7.77. The fraction of sp³-hybridized carbons (Fsp3) is 0.278. The van der Waals surface area contributed by atoms with Gasteiger partial charge < -0.3 is 15.5 Å². The maximum atomic E-state index is 6.14. The van der Waals surface area contributed by atoms with Gasteiger partial charge in [0.2, 0.25) is 0 Å². The molecule has 2 aromatic rings. The summed E-state index contributed by atoms with van der Waals surface area (Å²) in [4.78, 5) is 2.17. The van der Waals surface area contributed by atoms with Crippen LogP contribution in [0.25, 0.3) is 0 Å². The smallest absolute Gasteiger partial charge is 0.170 e.